The van der Waals surface area contributed by atoms with Crippen molar-refractivity contribution in [2.24, 2.45) is 5.92 Å². The Morgan fingerprint density at radius 1 is 1.31 bits per heavy atom. The highest BCUT2D eigenvalue weighted by Gasteiger charge is 2.27. The number of amides is 1. The summed E-state index contributed by atoms with van der Waals surface area (Å²) in [5, 5.41) is 13.3. The number of nitrogens with one attached hydrogen (secondary N) is 1. The number of pyridine rings is 1. The summed E-state index contributed by atoms with van der Waals surface area (Å²) in [6.07, 6.45) is 2.81. The molecular formula is C24H22ClFN4O2. The summed E-state index contributed by atoms with van der Waals surface area (Å²) in [5.41, 5.74) is 2.48. The number of aromatic nitrogens is 1. The van der Waals surface area contributed by atoms with Gasteiger partial charge in [-0.1, -0.05) is 11.6 Å². The van der Waals surface area contributed by atoms with E-state index in [2.05, 4.69) is 21.3 Å². The summed E-state index contributed by atoms with van der Waals surface area (Å²) in [5.74, 6) is -0.199. The molecule has 0 spiro atoms. The highest BCUT2D eigenvalue weighted by Crippen LogP contribution is 2.34. The first-order valence-corrected chi connectivity index (χ1v) is 10.8. The first-order valence-electron chi connectivity index (χ1n) is 10.5. The molecule has 1 aliphatic rings. The van der Waals surface area contributed by atoms with Crippen LogP contribution in [0.3, 0.4) is 0 Å². The van der Waals surface area contributed by atoms with Crippen molar-refractivity contribution < 1.29 is 13.9 Å². The quantitative estimate of drug-likeness (QED) is 0.579. The van der Waals surface area contributed by atoms with Gasteiger partial charge in [-0.3, -0.25) is 9.78 Å². The standard InChI is InChI=1S/C24H22ClFN4O2/c1-2-32-18-4-6-22-19(12-18)23(16(13-27)14-28-22)30-9-7-15(8-10-30)24(31)29-17-3-5-20(25)21(26)11-17/h3-6,11-12,14-15H,2,7-10H2,1H3,(H,29,31). The second-order valence-corrected chi connectivity index (χ2v) is 8.03. The van der Waals surface area contributed by atoms with Crippen molar-refractivity contribution >= 4 is 39.8 Å². The molecule has 1 aliphatic heterocycles. The van der Waals surface area contributed by atoms with Crippen molar-refractivity contribution in [3.05, 3.63) is 59.0 Å². The zero-order valence-corrected chi connectivity index (χ0v) is 18.3. The predicted octanol–water partition coefficient (Wildman–Crippen LogP) is 5.15. The second-order valence-electron chi connectivity index (χ2n) is 7.62. The van der Waals surface area contributed by atoms with Crippen molar-refractivity contribution in [3.8, 4) is 11.8 Å². The van der Waals surface area contributed by atoms with Gasteiger partial charge in [0.05, 0.1) is 28.4 Å². The third-order valence-electron chi connectivity index (χ3n) is 5.61. The van der Waals surface area contributed by atoms with Crippen LogP contribution in [0.2, 0.25) is 5.02 Å². The number of fused-ring (bicyclic) bond motifs is 1. The Balaban J connectivity index is 1.52. The first kappa shape index (κ1) is 21.8. The zero-order valence-electron chi connectivity index (χ0n) is 17.6. The Morgan fingerprint density at radius 3 is 2.78 bits per heavy atom. The minimum Gasteiger partial charge on any atom is -0.494 e. The van der Waals surface area contributed by atoms with Crippen molar-refractivity contribution in [1.29, 1.82) is 5.26 Å². The third kappa shape index (κ3) is 4.46. The van der Waals surface area contributed by atoms with E-state index in [-0.39, 0.29) is 16.8 Å². The van der Waals surface area contributed by atoms with Crippen molar-refractivity contribution in [1.82, 2.24) is 4.98 Å². The topological polar surface area (TPSA) is 78.2 Å². The van der Waals surface area contributed by atoms with Crippen LogP contribution in [0.5, 0.6) is 5.75 Å². The van der Waals surface area contributed by atoms with Crippen molar-refractivity contribution in [3.63, 3.8) is 0 Å². The molecule has 1 fully saturated rings. The Hall–Kier alpha value is -3.37. The minimum atomic E-state index is -0.570. The van der Waals surface area contributed by atoms with Gasteiger partial charge in [0.1, 0.15) is 17.6 Å². The zero-order chi connectivity index (χ0) is 22.7. The lowest BCUT2D eigenvalue weighted by atomic mass is 9.94. The van der Waals surface area contributed by atoms with Crippen LogP contribution in [0.1, 0.15) is 25.3 Å². The number of carbonyl (C=O) groups is 1. The molecule has 0 aliphatic carbocycles. The van der Waals surface area contributed by atoms with Gasteiger partial charge in [0.25, 0.3) is 0 Å². The van der Waals surface area contributed by atoms with E-state index < -0.39 is 5.82 Å². The van der Waals surface area contributed by atoms with E-state index in [0.29, 0.717) is 43.8 Å². The summed E-state index contributed by atoms with van der Waals surface area (Å²) in [6, 6.07) is 12.1. The van der Waals surface area contributed by atoms with E-state index in [0.717, 1.165) is 22.3 Å². The molecule has 2 heterocycles. The molecule has 8 heteroatoms. The Bertz CT molecular complexity index is 1200. The minimum absolute atomic E-state index is 0.0154. The number of halogens is 2. The molecule has 1 N–H and O–H groups in total. The van der Waals surface area contributed by atoms with Crippen molar-refractivity contribution in [2.45, 2.75) is 19.8 Å². The monoisotopic (exact) mass is 452 g/mol. The SMILES string of the molecule is CCOc1ccc2ncc(C#N)c(N3CCC(C(=O)Nc4ccc(Cl)c(F)c4)CC3)c2c1. The predicted molar refractivity (Wildman–Crippen MR) is 123 cm³/mol. The van der Waals surface area contributed by atoms with Gasteiger partial charge in [-0.15, -0.1) is 0 Å². The Kier molecular flexibility index (Phi) is 6.42. The van der Waals surface area contributed by atoms with E-state index in [1.165, 1.54) is 12.1 Å². The van der Waals surface area contributed by atoms with Crippen LogP contribution < -0.4 is 15.0 Å². The molecule has 1 amide bonds. The van der Waals surface area contributed by atoms with Gasteiger partial charge < -0.3 is 15.0 Å². The highest BCUT2D eigenvalue weighted by molar-refractivity contribution is 6.30. The first-order chi connectivity index (χ1) is 15.5. The lowest BCUT2D eigenvalue weighted by Gasteiger charge is -2.34. The number of piperidine rings is 1. The molecular weight excluding hydrogens is 431 g/mol. The number of rotatable bonds is 5. The van der Waals surface area contributed by atoms with Crippen LogP contribution in [0.4, 0.5) is 15.8 Å². The molecule has 32 heavy (non-hydrogen) atoms. The van der Waals surface area contributed by atoms with E-state index in [1.807, 2.05) is 25.1 Å². The molecule has 0 bridgehead atoms. The number of ether oxygens (including phenoxy) is 1. The van der Waals surface area contributed by atoms with E-state index in [1.54, 1.807) is 12.3 Å². The van der Waals surface area contributed by atoms with Crippen LogP contribution >= 0.6 is 11.6 Å². The van der Waals surface area contributed by atoms with E-state index >= 15 is 0 Å². The van der Waals surface area contributed by atoms with Crippen molar-refractivity contribution in [2.75, 3.05) is 29.9 Å². The average Bonchev–Trinajstić information content (AvgIpc) is 2.81. The summed E-state index contributed by atoms with van der Waals surface area (Å²) >= 11 is 5.71. The Labute approximate surface area is 190 Å². The number of hydrogen-bond donors (Lipinski definition) is 1. The fourth-order valence-corrected chi connectivity index (χ4v) is 4.14. The third-order valence-corrected chi connectivity index (χ3v) is 5.92. The molecule has 3 aromatic rings. The summed E-state index contributed by atoms with van der Waals surface area (Å²) < 4.78 is 19.3. The molecule has 6 nitrogen and oxygen atoms in total. The van der Waals surface area contributed by atoms with Crippen LogP contribution in [0, 0.1) is 23.1 Å². The van der Waals surface area contributed by atoms with Crippen LogP contribution in [0.15, 0.2) is 42.6 Å². The number of hydrogen-bond acceptors (Lipinski definition) is 5. The van der Waals surface area contributed by atoms with E-state index in [4.69, 9.17) is 16.3 Å². The van der Waals surface area contributed by atoms with E-state index in [9.17, 15) is 14.4 Å². The molecule has 2 aromatic carbocycles. The molecule has 164 valence electrons. The maximum Gasteiger partial charge on any atom is 0.227 e. The lowest BCUT2D eigenvalue weighted by molar-refractivity contribution is -0.120. The normalized spacial score (nSPS) is 14.2. The van der Waals surface area contributed by atoms with Gasteiger partial charge in [0.15, 0.2) is 0 Å². The second kappa shape index (κ2) is 9.41. The Morgan fingerprint density at radius 2 is 2.09 bits per heavy atom. The molecule has 4 rings (SSSR count). The number of nitrogens with zero attached hydrogens (tertiary/aromatic N) is 3. The maximum atomic E-state index is 13.7. The van der Waals surface area contributed by atoms with Gasteiger partial charge in [-0.25, -0.2) is 4.39 Å². The van der Waals surface area contributed by atoms with Crippen LogP contribution in [-0.4, -0.2) is 30.6 Å². The number of benzene rings is 2. The molecule has 1 saturated heterocycles. The smallest absolute Gasteiger partial charge is 0.227 e. The molecule has 0 unspecified atom stereocenters. The molecule has 1 aromatic heterocycles. The summed E-state index contributed by atoms with van der Waals surface area (Å²) in [6.45, 7) is 3.69. The summed E-state index contributed by atoms with van der Waals surface area (Å²) in [7, 11) is 0. The fraction of sp³-hybridized carbons (Fsp3) is 0.292. The fourth-order valence-electron chi connectivity index (χ4n) is 4.02. The van der Waals surface area contributed by atoms with Gasteiger partial charge in [0.2, 0.25) is 5.91 Å². The van der Waals surface area contributed by atoms with Gasteiger partial charge in [0, 0.05) is 36.3 Å². The average molecular weight is 453 g/mol. The van der Waals surface area contributed by atoms with Crippen LogP contribution in [0.25, 0.3) is 10.9 Å². The lowest BCUT2D eigenvalue weighted by Crippen LogP contribution is -2.38. The molecule has 0 atom stereocenters. The number of anilines is 2. The largest absolute Gasteiger partial charge is 0.494 e. The number of nitriles is 1. The van der Waals surface area contributed by atoms with Gasteiger partial charge in [-0.2, -0.15) is 5.26 Å². The molecule has 0 radical (unpaired) electrons. The highest BCUT2D eigenvalue weighted by atomic mass is 35.5. The summed E-state index contributed by atoms with van der Waals surface area (Å²) in [4.78, 5) is 19.2. The van der Waals surface area contributed by atoms with Gasteiger partial charge >= 0.3 is 0 Å². The van der Waals surface area contributed by atoms with Crippen LogP contribution in [-0.2, 0) is 4.79 Å². The molecule has 0 saturated carbocycles. The number of carbonyl (C=O) groups excluding carboxylic acids is 1. The van der Waals surface area contributed by atoms with Gasteiger partial charge in [-0.05, 0) is 56.2 Å². The maximum absolute atomic E-state index is 13.7.